The highest BCUT2D eigenvalue weighted by Gasteiger charge is 2.35. The zero-order chi connectivity index (χ0) is 24.3. The van der Waals surface area contributed by atoms with Crippen molar-refractivity contribution in [3.63, 3.8) is 0 Å². The Morgan fingerprint density at radius 2 is 1.79 bits per heavy atom. The highest BCUT2D eigenvalue weighted by Crippen LogP contribution is 2.27. The van der Waals surface area contributed by atoms with E-state index in [2.05, 4.69) is 13.8 Å². The van der Waals surface area contributed by atoms with Gasteiger partial charge in [-0.05, 0) is 73.0 Å². The topological polar surface area (TPSA) is 76.8 Å². The third-order valence-corrected chi connectivity index (χ3v) is 7.46. The third kappa shape index (κ3) is 5.86. The summed E-state index contributed by atoms with van der Waals surface area (Å²) in [5, 5.41) is 0. The number of hydrogen-bond acceptors (Lipinski definition) is 5. The van der Waals surface area contributed by atoms with E-state index in [1.807, 2.05) is 0 Å². The van der Waals surface area contributed by atoms with Gasteiger partial charge in [-0.2, -0.15) is 0 Å². The van der Waals surface area contributed by atoms with Crippen LogP contribution >= 0.6 is 0 Å². The second kappa shape index (κ2) is 10.0. The first kappa shape index (κ1) is 24.0. The van der Waals surface area contributed by atoms with Crippen LogP contribution in [0, 0.1) is 11.7 Å². The van der Waals surface area contributed by atoms with Gasteiger partial charge in [0.2, 0.25) is 0 Å². The van der Waals surface area contributed by atoms with Gasteiger partial charge in [-0.15, -0.1) is 0 Å². The zero-order valence-corrected chi connectivity index (χ0v) is 20.1. The summed E-state index contributed by atoms with van der Waals surface area (Å²) in [6.45, 7) is 4.82. The van der Waals surface area contributed by atoms with Crippen molar-refractivity contribution in [1.29, 1.82) is 0 Å². The number of amides is 1. The summed E-state index contributed by atoms with van der Waals surface area (Å²) in [5.74, 6) is 1.52. The molecule has 0 spiro atoms. The molecule has 8 heteroatoms. The molecule has 0 saturated carbocycles. The van der Waals surface area contributed by atoms with Gasteiger partial charge < -0.3 is 14.1 Å². The predicted molar refractivity (Wildman–Crippen MR) is 128 cm³/mol. The van der Waals surface area contributed by atoms with Gasteiger partial charge in [0, 0.05) is 17.2 Å². The second-order valence-corrected chi connectivity index (χ2v) is 11.2. The molecule has 0 aliphatic carbocycles. The summed E-state index contributed by atoms with van der Waals surface area (Å²) in [6.07, 6.45) is 0.384. The Hall–Kier alpha value is -3.13. The SMILES string of the molecule is CC(C)COc1ccc(C(=O)N(Cc2ccc(-c3ccc(F)cc3)o2)C2CCS(=O)(=O)C2)cc1. The maximum atomic E-state index is 13.4. The number of halogens is 1. The number of benzene rings is 2. The van der Waals surface area contributed by atoms with Crippen molar-refractivity contribution in [1.82, 2.24) is 4.90 Å². The predicted octanol–water partition coefficient (Wildman–Crippen LogP) is 4.95. The average Bonchev–Trinajstić information content (AvgIpc) is 3.42. The van der Waals surface area contributed by atoms with E-state index in [0.717, 1.165) is 0 Å². The number of carbonyl (C=O) groups is 1. The van der Waals surface area contributed by atoms with E-state index in [1.54, 1.807) is 53.4 Å². The minimum Gasteiger partial charge on any atom is -0.493 e. The molecule has 2 aromatic carbocycles. The van der Waals surface area contributed by atoms with Crippen LogP contribution in [0.3, 0.4) is 0 Å². The molecule has 3 aromatic rings. The lowest BCUT2D eigenvalue weighted by Gasteiger charge is -2.27. The zero-order valence-electron chi connectivity index (χ0n) is 19.2. The molecule has 2 heterocycles. The van der Waals surface area contributed by atoms with Crippen LogP contribution in [0.15, 0.2) is 65.1 Å². The molecule has 1 atom stereocenters. The molecule has 0 bridgehead atoms. The van der Waals surface area contributed by atoms with Crippen LogP contribution in [0.5, 0.6) is 5.75 Å². The monoisotopic (exact) mass is 485 g/mol. The minimum absolute atomic E-state index is 0.0579. The Morgan fingerprint density at radius 1 is 1.09 bits per heavy atom. The van der Waals surface area contributed by atoms with Crippen molar-refractivity contribution < 1.29 is 26.8 Å². The lowest BCUT2D eigenvalue weighted by molar-refractivity contribution is 0.0666. The van der Waals surface area contributed by atoms with E-state index < -0.39 is 15.9 Å². The Bertz CT molecular complexity index is 1230. The summed E-state index contributed by atoms with van der Waals surface area (Å²) in [7, 11) is -3.19. The number of nitrogens with zero attached hydrogens (tertiary/aromatic N) is 1. The van der Waals surface area contributed by atoms with Gasteiger partial charge in [-0.3, -0.25) is 4.79 Å². The largest absolute Gasteiger partial charge is 0.493 e. The van der Waals surface area contributed by atoms with Crippen LogP contribution in [-0.4, -0.2) is 43.4 Å². The van der Waals surface area contributed by atoms with Crippen molar-refractivity contribution in [3.05, 3.63) is 77.8 Å². The quantitative estimate of drug-likeness (QED) is 0.451. The van der Waals surface area contributed by atoms with Gasteiger partial charge in [0.05, 0.1) is 24.7 Å². The third-order valence-electron chi connectivity index (χ3n) is 5.71. The molecule has 0 radical (unpaired) electrons. The number of rotatable bonds is 8. The van der Waals surface area contributed by atoms with Crippen molar-refractivity contribution in [3.8, 4) is 17.1 Å². The van der Waals surface area contributed by atoms with Crippen LogP contribution in [0.25, 0.3) is 11.3 Å². The smallest absolute Gasteiger partial charge is 0.254 e. The van der Waals surface area contributed by atoms with Crippen LogP contribution < -0.4 is 4.74 Å². The van der Waals surface area contributed by atoms with E-state index in [0.29, 0.717) is 47.3 Å². The van der Waals surface area contributed by atoms with Crippen LogP contribution in [-0.2, 0) is 16.4 Å². The van der Waals surface area contributed by atoms with E-state index in [-0.39, 0.29) is 29.8 Å². The first-order valence-corrected chi connectivity index (χ1v) is 13.1. The molecule has 180 valence electrons. The minimum atomic E-state index is -3.19. The number of ether oxygens (including phenoxy) is 1. The molecule has 1 aromatic heterocycles. The lowest BCUT2D eigenvalue weighted by Crippen LogP contribution is -2.40. The van der Waals surface area contributed by atoms with E-state index >= 15 is 0 Å². The Kier molecular flexibility index (Phi) is 7.07. The van der Waals surface area contributed by atoms with Crippen molar-refractivity contribution in [2.45, 2.75) is 32.9 Å². The summed E-state index contributed by atoms with van der Waals surface area (Å²) >= 11 is 0. The van der Waals surface area contributed by atoms with Crippen molar-refractivity contribution in [2.75, 3.05) is 18.1 Å². The second-order valence-electron chi connectivity index (χ2n) is 8.99. The summed E-state index contributed by atoms with van der Waals surface area (Å²) in [5.41, 5.74) is 1.16. The fourth-order valence-electron chi connectivity index (χ4n) is 3.91. The molecule has 1 unspecified atom stereocenters. The van der Waals surface area contributed by atoms with Crippen LogP contribution in [0.1, 0.15) is 36.4 Å². The van der Waals surface area contributed by atoms with Gasteiger partial charge >= 0.3 is 0 Å². The molecule has 4 rings (SSSR count). The fourth-order valence-corrected chi connectivity index (χ4v) is 5.64. The molecule has 1 fully saturated rings. The lowest BCUT2D eigenvalue weighted by atomic mass is 10.1. The maximum absolute atomic E-state index is 13.4. The molecular weight excluding hydrogens is 457 g/mol. The van der Waals surface area contributed by atoms with Gasteiger partial charge in [-0.1, -0.05) is 13.8 Å². The van der Waals surface area contributed by atoms with Gasteiger partial charge in [0.15, 0.2) is 9.84 Å². The molecule has 34 heavy (non-hydrogen) atoms. The van der Waals surface area contributed by atoms with E-state index in [1.165, 1.54) is 12.1 Å². The highest BCUT2D eigenvalue weighted by atomic mass is 32.2. The number of sulfone groups is 1. The first-order valence-electron chi connectivity index (χ1n) is 11.3. The first-order chi connectivity index (χ1) is 16.2. The molecule has 0 N–H and O–H groups in total. The number of furan rings is 1. The molecule has 1 amide bonds. The Labute approximate surface area is 199 Å². The summed E-state index contributed by atoms with van der Waals surface area (Å²) < 4.78 is 49.1. The van der Waals surface area contributed by atoms with Crippen LogP contribution in [0.2, 0.25) is 0 Å². The van der Waals surface area contributed by atoms with Gasteiger partial charge in [0.25, 0.3) is 5.91 Å². The average molecular weight is 486 g/mol. The van der Waals surface area contributed by atoms with E-state index in [9.17, 15) is 17.6 Å². The number of carbonyl (C=O) groups excluding carboxylic acids is 1. The van der Waals surface area contributed by atoms with Crippen molar-refractivity contribution >= 4 is 15.7 Å². The van der Waals surface area contributed by atoms with Crippen LogP contribution in [0.4, 0.5) is 4.39 Å². The van der Waals surface area contributed by atoms with E-state index in [4.69, 9.17) is 9.15 Å². The summed E-state index contributed by atoms with van der Waals surface area (Å²) in [6, 6.07) is 15.9. The standard InChI is InChI=1S/C26H28FNO5S/c1-18(2)16-32-23-9-5-20(6-10-23)26(29)28(22-13-14-34(30,31)17-22)15-24-11-12-25(33-24)19-3-7-21(27)8-4-19/h3-12,18,22H,13-17H2,1-2H3. The Morgan fingerprint density at radius 3 is 2.41 bits per heavy atom. The van der Waals surface area contributed by atoms with Gasteiger partial charge in [-0.25, -0.2) is 12.8 Å². The Balaban J connectivity index is 1.55. The molecule has 1 aliphatic rings. The summed E-state index contributed by atoms with van der Waals surface area (Å²) in [4.78, 5) is 15.0. The fraction of sp³-hybridized carbons (Fsp3) is 0.346. The molecule has 1 saturated heterocycles. The van der Waals surface area contributed by atoms with Crippen molar-refractivity contribution in [2.24, 2.45) is 5.92 Å². The highest BCUT2D eigenvalue weighted by molar-refractivity contribution is 7.91. The normalized spacial score (nSPS) is 17.1. The van der Waals surface area contributed by atoms with Gasteiger partial charge in [0.1, 0.15) is 23.1 Å². The molecule has 1 aliphatic heterocycles. The molecular formula is C26H28FNO5S. The molecule has 6 nitrogen and oxygen atoms in total. The number of hydrogen-bond donors (Lipinski definition) is 0. The maximum Gasteiger partial charge on any atom is 0.254 e.